The van der Waals surface area contributed by atoms with Gasteiger partial charge in [-0.3, -0.25) is 14.3 Å². The van der Waals surface area contributed by atoms with Gasteiger partial charge in [-0.2, -0.15) is 0 Å². The van der Waals surface area contributed by atoms with Crippen LogP contribution >= 0.6 is 15.9 Å². The number of hydrogen-bond acceptors (Lipinski definition) is 4. The van der Waals surface area contributed by atoms with E-state index in [1.165, 1.54) is 6.07 Å². The van der Waals surface area contributed by atoms with Crippen LogP contribution in [0.4, 0.5) is 4.39 Å². The fraction of sp³-hybridized carbons (Fsp3) is 0.619. The van der Waals surface area contributed by atoms with Gasteiger partial charge in [0.05, 0.1) is 21.4 Å². The lowest BCUT2D eigenvalue weighted by molar-refractivity contribution is 0.167. The van der Waals surface area contributed by atoms with Crippen LogP contribution in [0.1, 0.15) is 45.5 Å². The average molecular weight is 453 g/mol. The highest BCUT2D eigenvalue weighted by Gasteiger charge is 2.28. The zero-order valence-electron chi connectivity index (χ0n) is 17.2. The lowest BCUT2D eigenvalue weighted by Gasteiger charge is -2.32. The highest BCUT2D eigenvalue weighted by atomic mass is 79.9. The molecule has 1 saturated heterocycles. The minimum absolute atomic E-state index is 0.0581. The smallest absolute Gasteiger partial charge is 0.261 e. The molecule has 0 N–H and O–H groups in total. The third-order valence-corrected chi connectivity index (χ3v) is 6.19. The standard InChI is InChI=1S/C21H30BrFN4O/c1-5-7-19(26-9-8-25(4)12-14(3)13-26)20-24-18-11-17(23)16(22)10-15(18)21(28)27(20)6-2/h10-11,14,19H,5-9,12-13H2,1-4H3/t14-,19+/m0/s1. The number of likely N-dealkylation sites (N-methyl/N-ethyl adjacent to an activating group) is 1. The predicted octanol–water partition coefficient (Wildman–Crippen LogP) is 4.04. The molecule has 0 unspecified atom stereocenters. The van der Waals surface area contributed by atoms with E-state index in [2.05, 4.69) is 46.6 Å². The molecule has 0 spiro atoms. The maximum atomic E-state index is 14.1. The van der Waals surface area contributed by atoms with Gasteiger partial charge in [-0.15, -0.1) is 0 Å². The molecule has 1 aliphatic rings. The minimum Gasteiger partial charge on any atom is -0.305 e. The van der Waals surface area contributed by atoms with Crippen molar-refractivity contribution in [2.45, 2.75) is 46.2 Å². The van der Waals surface area contributed by atoms with Crippen LogP contribution in [0.25, 0.3) is 10.9 Å². The lowest BCUT2D eigenvalue weighted by atomic mass is 10.1. The summed E-state index contributed by atoms with van der Waals surface area (Å²) in [6.07, 6.45) is 1.92. The summed E-state index contributed by atoms with van der Waals surface area (Å²) in [5, 5.41) is 0.457. The van der Waals surface area contributed by atoms with Crippen LogP contribution in [0.5, 0.6) is 0 Å². The van der Waals surface area contributed by atoms with Crippen LogP contribution in [0.2, 0.25) is 0 Å². The normalized spacial score (nSPS) is 20.4. The van der Waals surface area contributed by atoms with Crippen molar-refractivity contribution in [1.29, 1.82) is 0 Å². The van der Waals surface area contributed by atoms with Crippen LogP contribution in [0, 0.1) is 11.7 Å². The van der Waals surface area contributed by atoms with E-state index in [9.17, 15) is 9.18 Å². The second-order valence-electron chi connectivity index (χ2n) is 7.97. The zero-order valence-corrected chi connectivity index (χ0v) is 18.8. The Kier molecular flexibility index (Phi) is 6.89. The van der Waals surface area contributed by atoms with Crippen molar-refractivity contribution >= 4 is 26.8 Å². The molecule has 28 heavy (non-hydrogen) atoms. The molecule has 0 radical (unpaired) electrons. The molecule has 0 saturated carbocycles. The molecular formula is C21H30BrFN4O. The van der Waals surface area contributed by atoms with Gasteiger partial charge in [0, 0.05) is 38.8 Å². The summed E-state index contributed by atoms with van der Waals surface area (Å²) in [6, 6.07) is 2.97. The van der Waals surface area contributed by atoms with Gasteiger partial charge in [0.2, 0.25) is 0 Å². The molecule has 1 aromatic carbocycles. The number of aromatic nitrogens is 2. The van der Waals surface area contributed by atoms with E-state index in [4.69, 9.17) is 4.98 Å². The fourth-order valence-electron chi connectivity index (χ4n) is 4.30. The van der Waals surface area contributed by atoms with Crippen molar-refractivity contribution < 1.29 is 4.39 Å². The number of nitrogens with zero attached hydrogens (tertiary/aromatic N) is 4. The topological polar surface area (TPSA) is 41.4 Å². The highest BCUT2D eigenvalue weighted by Crippen LogP contribution is 2.28. The van der Waals surface area contributed by atoms with Gasteiger partial charge in [0.15, 0.2) is 0 Å². The summed E-state index contributed by atoms with van der Waals surface area (Å²) in [7, 11) is 2.16. The molecule has 2 heterocycles. The Morgan fingerprint density at radius 3 is 2.71 bits per heavy atom. The van der Waals surface area contributed by atoms with Gasteiger partial charge in [0.1, 0.15) is 11.6 Å². The molecule has 0 aliphatic carbocycles. The van der Waals surface area contributed by atoms with Gasteiger partial charge >= 0.3 is 0 Å². The van der Waals surface area contributed by atoms with Crippen LogP contribution in [0.15, 0.2) is 21.4 Å². The third-order valence-electron chi connectivity index (χ3n) is 5.58. The Bertz CT molecular complexity index is 900. The second-order valence-corrected chi connectivity index (χ2v) is 8.82. The Hall–Kier alpha value is -1.31. The molecule has 3 rings (SSSR count). The van der Waals surface area contributed by atoms with Gasteiger partial charge < -0.3 is 4.90 Å². The first kappa shape index (κ1) is 21.4. The number of benzene rings is 1. The first-order valence-corrected chi connectivity index (χ1v) is 11.0. The summed E-state index contributed by atoms with van der Waals surface area (Å²) in [6.45, 7) is 10.9. The lowest BCUT2D eigenvalue weighted by Crippen LogP contribution is -2.38. The summed E-state index contributed by atoms with van der Waals surface area (Å²) >= 11 is 3.19. The minimum atomic E-state index is -0.392. The van der Waals surface area contributed by atoms with E-state index in [0.717, 1.165) is 44.8 Å². The van der Waals surface area contributed by atoms with Crippen molar-refractivity contribution in [3.63, 3.8) is 0 Å². The molecular weight excluding hydrogens is 423 g/mol. The maximum Gasteiger partial charge on any atom is 0.261 e. The van der Waals surface area contributed by atoms with Crippen LogP contribution in [-0.2, 0) is 6.54 Å². The molecule has 2 atom stereocenters. The first-order chi connectivity index (χ1) is 13.3. The summed E-state index contributed by atoms with van der Waals surface area (Å²) in [5.74, 6) is 0.916. The van der Waals surface area contributed by atoms with Gasteiger partial charge in [0.25, 0.3) is 5.56 Å². The van der Waals surface area contributed by atoms with Crippen LogP contribution < -0.4 is 5.56 Å². The van der Waals surface area contributed by atoms with Crippen molar-refractivity contribution in [2.24, 2.45) is 5.92 Å². The van der Waals surface area contributed by atoms with Crippen molar-refractivity contribution in [2.75, 3.05) is 33.2 Å². The SMILES string of the molecule is CCC[C@H](c1nc2cc(F)c(Br)cc2c(=O)n1CC)N1CCN(C)C[C@H](C)C1. The van der Waals surface area contributed by atoms with Crippen molar-refractivity contribution in [1.82, 2.24) is 19.4 Å². The van der Waals surface area contributed by atoms with Crippen molar-refractivity contribution in [3.8, 4) is 0 Å². The van der Waals surface area contributed by atoms with Crippen molar-refractivity contribution in [3.05, 3.63) is 38.6 Å². The molecule has 5 nitrogen and oxygen atoms in total. The fourth-order valence-corrected chi connectivity index (χ4v) is 4.64. The summed E-state index contributed by atoms with van der Waals surface area (Å²) in [4.78, 5) is 22.8. The molecule has 7 heteroatoms. The molecule has 2 aromatic rings. The third kappa shape index (κ3) is 4.31. The molecule has 154 valence electrons. The molecule has 1 aliphatic heterocycles. The van der Waals surface area contributed by atoms with E-state index in [0.29, 0.717) is 27.8 Å². The highest BCUT2D eigenvalue weighted by molar-refractivity contribution is 9.10. The Morgan fingerprint density at radius 2 is 2.04 bits per heavy atom. The van der Waals surface area contributed by atoms with E-state index < -0.39 is 5.82 Å². The quantitative estimate of drug-likeness (QED) is 0.686. The zero-order chi connectivity index (χ0) is 20.4. The van der Waals surface area contributed by atoms with E-state index in [1.807, 2.05) is 6.92 Å². The van der Waals surface area contributed by atoms with Gasteiger partial charge in [-0.05, 0) is 48.3 Å². The molecule has 0 amide bonds. The number of fused-ring (bicyclic) bond motifs is 1. The van der Waals surface area contributed by atoms with E-state index >= 15 is 0 Å². The first-order valence-electron chi connectivity index (χ1n) is 10.2. The van der Waals surface area contributed by atoms with E-state index in [1.54, 1.807) is 10.6 Å². The monoisotopic (exact) mass is 452 g/mol. The number of rotatable bonds is 5. The molecule has 0 bridgehead atoms. The summed E-state index contributed by atoms with van der Waals surface area (Å²) < 4.78 is 16.2. The Morgan fingerprint density at radius 1 is 1.29 bits per heavy atom. The average Bonchev–Trinajstić information content (AvgIpc) is 2.81. The predicted molar refractivity (Wildman–Crippen MR) is 115 cm³/mol. The summed E-state index contributed by atoms with van der Waals surface area (Å²) in [5.41, 5.74) is 0.343. The Labute approximate surface area is 174 Å². The maximum absolute atomic E-state index is 14.1. The largest absolute Gasteiger partial charge is 0.305 e. The van der Waals surface area contributed by atoms with Gasteiger partial charge in [-0.1, -0.05) is 20.3 Å². The van der Waals surface area contributed by atoms with Crippen LogP contribution in [-0.4, -0.2) is 52.6 Å². The molecule has 1 fully saturated rings. The van der Waals surface area contributed by atoms with Crippen LogP contribution in [0.3, 0.4) is 0 Å². The molecule has 1 aromatic heterocycles. The van der Waals surface area contributed by atoms with Gasteiger partial charge in [-0.25, -0.2) is 9.37 Å². The van der Waals surface area contributed by atoms with E-state index in [-0.39, 0.29) is 11.6 Å². The number of hydrogen-bond donors (Lipinski definition) is 0. The second kappa shape index (κ2) is 9.01. The Balaban J connectivity index is 2.14. The number of halogens is 2.